The maximum absolute atomic E-state index is 10.9. The molecule has 0 radical (unpaired) electrons. The third-order valence-electron chi connectivity index (χ3n) is 5.59. The van der Waals surface area contributed by atoms with Gasteiger partial charge in [0, 0.05) is 25.1 Å². The molecular formula is C21H37NO3. The third-order valence-corrected chi connectivity index (χ3v) is 5.59. The van der Waals surface area contributed by atoms with E-state index in [1.807, 2.05) is 6.07 Å². The van der Waals surface area contributed by atoms with E-state index in [1.54, 1.807) is 0 Å². The van der Waals surface area contributed by atoms with Crippen molar-refractivity contribution < 1.29 is 15.3 Å². The van der Waals surface area contributed by atoms with Crippen molar-refractivity contribution in [2.75, 3.05) is 19.7 Å². The summed E-state index contributed by atoms with van der Waals surface area (Å²) >= 11 is 0. The Morgan fingerprint density at radius 1 is 1.04 bits per heavy atom. The first-order valence-electron chi connectivity index (χ1n) is 9.45. The lowest BCUT2D eigenvalue weighted by atomic mass is 9.75. The standard InChI is InChI=1S/C21H37NO3/c1-7-20(3,4)16-11-15(12-17(24)14-22-9-10-23)19(25)18(13-16)21(5,6)8-2/h11,13,17,22-25H,7-10,12,14H2,1-6H3. The van der Waals surface area contributed by atoms with E-state index in [-0.39, 0.29) is 17.4 Å². The first-order chi connectivity index (χ1) is 11.6. The number of aromatic hydroxyl groups is 1. The predicted molar refractivity (Wildman–Crippen MR) is 104 cm³/mol. The highest BCUT2D eigenvalue weighted by Gasteiger charge is 2.28. The summed E-state index contributed by atoms with van der Waals surface area (Å²) in [6.45, 7) is 13.9. The largest absolute Gasteiger partial charge is 0.507 e. The molecule has 4 N–H and O–H groups in total. The number of aliphatic hydroxyl groups excluding tert-OH is 2. The highest BCUT2D eigenvalue weighted by molar-refractivity contribution is 5.49. The fourth-order valence-corrected chi connectivity index (χ4v) is 2.83. The molecule has 0 aliphatic heterocycles. The van der Waals surface area contributed by atoms with Crippen LogP contribution in [0.4, 0.5) is 0 Å². The molecule has 0 heterocycles. The lowest BCUT2D eigenvalue weighted by Gasteiger charge is -2.31. The second-order valence-corrected chi connectivity index (χ2v) is 8.29. The van der Waals surface area contributed by atoms with Crippen LogP contribution in [0, 0.1) is 0 Å². The van der Waals surface area contributed by atoms with E-state index in [4.69, 9.17) is 5.11 Å². The molecule has 1 aromatic carbocycles. The molecule has 0 amide bonds. The Labute approximate surface area is 153 Å². The number of phenolic OH excluding ortho intramolecular Hbond substituents is 1. The number of benzene rings is 1. The van der Waals surface area contributed by atoms with Crippen molar-refractivity contribution in [2.24, 2.45) is 0 Å². The Balaban J connectivity index is 3.26. The Morgan fingerprint density at radius 3 is 2.16 bits per heavy atom. The van der Waals surface area contributed by atoms with E-state index in [0.717, 1.165) is 24.0 Å². The minimum Gasteiger partial charge on any atom is -0.507 e. The second kappa shape index (κ2) is 9.02. The van der Waals surface area contributed by atoms with Gasteiger partial charge in [0.25, 0.3) is 0 Å². The zero-order chi connectivity index (χ0) is 19.3. The van der Waals surface area contributed by atoms with E-state index in [9.17, 15) is 10.2 Å². The van der Waals surface area contributed by atoms with Gasteiger partial charge in [0.2, 0.25) is 0 Å². The molecule has 4 nitrogen and oxygen atoms in total. The molecule has 0 saturated carbocycles. The van der Waals surface area contributed by atoms with Crippen LogP contribution in [0.1, 0.15) is 71.1 Å². The molecule has 0 aliphatic rings. The van der Waals surface area contributed by atoms with Gasteiger partial charge in [-0.25, -0.2) is 0 Å². The van der Waals surface area contributed by atoms with Crippen molar-refractivity contribution in [1.29, 1.82) is 0 Å². The van der Waals surface area contributed by atoms with E-state index in [2.05, 4.69) is 52.9 Å². The van der Waals surface area contributed by atoms with Gasteiger partial charge in [-0.1, -0.05) is 53.7 Å². The number of rotatable bonds is 10. The summed E-state index contributed by atoms with van der Waals surface area (Å²) < 4.78 is 0. The van der Waals surface area contributed by atoms with Gasteiger partial charge in [0.15, 0.2) is 0 Å². The van der Waals surface area contributed by atoms with Crippen LogP contribution in [0.15, 0.2) is 12.1 Å². The number of phenols is 1. The first kappa shape index (κ1) is 21.9. The molecule has 144 valence electrons. The van der Waals surface area contributed by atoms with Crippen molar-refractivity contribution in [3.05, 3.63) is 28.8 Å². The highest BCUT2D eigenvalue weighted by atomic mass is 16.3. The van der Waals surface area contributed by atoms with Gasteiger partial charge in [-0.2, -0.15) is 0 Å². The van der Waals surface area contributed by atoms with E-state index < -0.39 is 6.10 Å². The fraction of sp³-hybridized carbons (Fsp3) is 0.714. The van der Waals surface area contributed by atoms with Gasteiger partial charge in [0.1, 0.15) is 5.75 Å². The number of hydrogen-bond acceptors (Lipinski definition) is 4. The summed E-state index contributed by atoms with van der Waals surface area (Å²) in [6.07, 6.45) is 1.72. The minimum atomic E-state index is -0.602. The van der Waals surface area contributed by atoms with E-state index in [1.165, 1.54) is 5.56 Å². The Hall–Kier alpha value is -1.10. The minimum absolute atomic E-state index is 0.0150. The molecule has 0 fully saturated rings. The summed E-state index contributed by atoms with van der Waals surface area (Å²) in [5.41, 5.74) is 2.85. The number of hydrogen-bond donors (Lipinski definition) is 4. The van der Waals surface area contributed by atoms with E-state index >= 15 is 0 Å². The van der Waals surface area contributed by atoms with Crippen molar-refractivity contribution >= 4 is 0 Å². The van der Waals surface area contributed by atoms with Crippen LogP contribution in [0.3, 0.4) is 0 Å². The molecule has 0 aromatic heterocycles. The Kier molecular flexibility index (Phi) is 7.91. The highest BCUT2D eigenvalue weighted by Crippen LogP contribution is 2.40. The lowest BCUT2D eigenvalue weighted by Crippen LogP contribution is -2.30. The summed E-state index contributed by atoms with van der Waals surface area (Å²) in [4.78, 5) is 0. The third kappa shape index (κ3) is 5.70. The van der Waals surface area contributed by atoms with Crippen LogP contribution < -0.4 is 5.32 Å². The van der Waals surface area contributed by atoms with Gasteiger partial charge >= 0.3 is 0 Å². The maximum atomic E-state index is 10.9. The maximum Gasteiger partial charge on any atom is 0.122 e. The smallest absolute Gasteiger partial charge is 0.122 e. The Bertz CT molecular complexity index is 552. The van der Waals surface area contributed by atoms with Crippen LogP contribution in [0.2, 0.25) is 0 Å². The zero-order valence-electron chi connectivity index (χ0n) is 16.8. The molecule has 0 saturated heterocycles. The fourth-order valence-electron chi connectivity index (χ4n) is 2.83. The molecule has 0 aliphatic carbocycles. The quantitative estimate of drug-likeness (QED) is 0.488. The molecule has 0 bridgehead atoms. The lowest BCUT2D eigenvalue weighted by molar-refractivity contribution is 0.167. The van der Waals surface area contributed by atoms with Gasteiger partial charge in [-0.15, -0.1) is 0 Å². The number of nitrogens with one attached hydrogen (secondary N) is 1. The first-order valence-corrected chi connectivity index (χ1v) is 9.45. The summed E-state index contributed by atoms with van der Waals surface area (Å²) in [5.74, 6) is 0.309. The summed E-state index contributed by atoms with van der Waals surface area (Å²) in [6, 6.07) is 4.19. The number of aliphatic hydroxyl groups is 2. The van der Waals surface area contributed by atoms with Crippen LogP contribution in [-0.4, -0.2) is 41.1 Å². The Morgan fingerprint density at radius 2 is 1.64 bits per heavy atom. The van der Waals surface area contributed by atoms with Crippen molar-refractivity contribution in [1.82, 2.24) is 5.32 Å². The zero-order valence-corrected chi connectivity index (χ0v) is 16.8. The van der Waals surface area contributed by atoms with Crippen molar-refractivity contribution in [3.63, 3.8) is 0 Å². The average molecular weight is 352 g/mol. The molecule has 1 aromatic rings. The molecule has 1 atom stereocenters. The predicted octanol–water partition coefficient (Wildman–Crippen LogP) is 3.25. The van der Waals surface area contributed by atoms with Crippen LogP contribution in [0.25, 0.3) is 0 Å². The van der Waals surface area contributed by atoms with Crippen molar-refractivity contribution in [2.45, 2.75) is 77.7 Å². The molecular weight excluding hydrogens is 314 g/mol. The molecule has 0 spiro atoms. The van der Waals surface area contributed by atoms with Gasteiger partial charge in [-0.05, 0) is 34.8 Å². The van der Waals surface area contributed by atoms with Crippen molar-refractivity contribution in [3.8, 4) is 5.75 Å². The topological polar surface area (TPSA) is 72.7 Å². The van der Waals surface area contributed by atoms with Gasteiger partial charge in [-0.3, -0.25) is 0 Å². The summed E-state index contributed by atoms with van der Waals surface area (Å²) in [5, 5.41) is 33.0. The summed E-state index contributed by atoms with van der Waals surface area (Å²) in [7, 11) is 0. The SMILES string of the molecule is CCC(C)(C)c1cc(CC(O)CNCCO)c(O)c(C(C)(C)CC)c1. The van der Waals surface area contributed by atoms with Crippen LogP contribution in [0.5, 0.6) is 5.75 Å². The van der Waals surface area contributed by atoms with Crippen LogP contribution >= 0.6 is 0 Å². The second-order valence-electron chi connectivity index (χ2n) is 8.29. The molecule has 1 unspecified atom stereocenters. The van der Waals surface area contributed by atoms with Gasteiger partial charge < -0.3 is 20.6 Å². The monoisotopic (exact) mass is 351 g/mol. The van der Waals surface area contributed by atoms with Crippen LogP contribution in [-0.2, 0) is 17.3 Å². The van der Waals surface area contributed by atoms with E-state index in [0.29, 0.717) is 25.3 Å². The molecule has 25 heavy (non-hydrogen) atoms. The van der Waals surface area contributed by atoms with Gasteiger partial charge in [0.05, 0.1) is 12.7 Å². The average Bonchev–Trinajstić information content (AvgIpc) is 2.56. The molecule has 1 rings (SSSR count). The molecule has 4 heteroatoms. The normalized spacial score (nSPS) is 13.9.